The molecule has 0 heterocycles. The average Bonchev–Trinajstić information content (AvgIpc) is 2.60. The maximum absolute atomic E-state index is 13.3. The van der Waals surface area contributed by atoms with Gasteiger partial charge in [0.1, 0.15) is 12.4 Å². The first-order chi connectivity index (χ1) is 11.9. The molecule has 0 aliphatic carbocycles. The summed E-state index contributed by atoms with van der Waals surface area (Å²) in [7, 11) is 1.95. The van der Waals surface area contributed by atoms with Gasteiger partial charge in [0.05, 0.1) is 7.05 Å². The van der Waals surface area contributed by atoms with Crippen LogP contribution in [0.1, 0.15) is 44.2 Å². The Kier molecular flexibility index (Phi) is 6.71. The highest BCUT2D eigenvalue weighted by Crippen LogP contribution is 2.26. The molecule has 3 nitrogen and oxygen atoms in total. The first-order valence-electron chi connectivity index (χ1n) is 8.89. The van der Waals surface area contributed by atoms with Crippen LogP contribution in [0.5, 0.6) is 0 Å². The van der Waals surface area contributed by atoms with Crippen molar-refractivity contribution in [1.82, 2.24) is 0 Å². The summed E-state index contributed by atoms with van der Waals surface area (Å²) in [6.45, 7) is 6.80. The normalized spacial score (nSPS) is 14.6. The number of carbonyl (C=O) groups excluding carboxylic acids is 1. The van der Waals surface area contributed by atoms with Gasteiger partial charge in [0, 0.05) is 11.3 Å². The van der Waals surface area contributed by atoms with Crippen LogP contribution in [-0.2, 0) is 11.3 Å². The second kappa shape index (κ2) is 8.77. The molecule has 0 saturated carbocycles. The minimum Gasteiger partial charge on any atom is -0.324 e. The van der Waals surface area contributed by atoms with Crippen LogP contribution in [0, 0.1) is 5.82 Å². The topological polar surface area (TPSA) is 33.5 Å². The van der Waals surface area contributed by atoms with E-state index in [2.05, 4.69) is 25.2 Å². The molecule has 0 bridgehead atoms. The van der Waals surface area contributed by atoms with Crippen molar-refractivity contribution in [2.75, 3.05) is 12.4 Å². The Morgan fingerprint density at radius 3 is 2.56 bits per heavy atom. The first kappa shape index (κ1) is 19.1. The van der Waals surface area contributed by atoms with Crippen LogP contribution in [0.3, 0.4) is 0 Å². The maximum atomic E-state index is 13.3. The molecule has 134 valence electrons. The lowest BCUT2D eigenvalue weighted by molar-refractivity contribution is -0.907. The molecule has 2 aromatic rings. The molecular weight excluding hydrogens is 315 g/mol. The number of para-hydroxylation sites is 1. The highest BCUT2D eigenvalue weighted by atomic mass is 19.1. The van der Waals surface area contributed by atoms with E-state index in [4.69, 9.17) is 0 Å². The van der Waals surface area contributed by atoms with Crippen molar-refractivity contribution < 1.29 is 14.1 Å². The standard InChI is InChI=1S/C21H27FN2O/c1-5-15(2)19-11-6-7-12-20(19)23-21(25)16(3)24(4)14-17-9-8-10-18(22)13-17/h6-13,15-16H,5,14H2,1-4H3,(H,23,25)/p+1/t15-,16-/m0/s1. The lowest BCUT2D eigenvalue weighted by Gasteiger charge is -2.22. The molecule has 3 atom stereocenters. The van der Waals surface area contributed by atoms with Crippen molar-refractivity contribution in [1.29, 1.82) is 0 Å². The number of amides is 1. The van der Waals surface area contributed by atoms with E-state index in [9.17, 15) is 9.18 Å². The van der Waals surface area contributed by atoms with E-state index in [1.165, 1.54) is 12.1 Å². The second-order valence-electron chi connectivity index (χ2n) is 6.76. The van der Waals surface area contributed by atoms with Gasteiger partial charge in [-0.15, -0.1) is 0 Å². The third kappa shape index (κ3) is 5.13. The summed E-state index contributed by atoms with van der Waals surface area (Å²) in [6.07, 6.45) is 1.02. The van der Waals surface area contributed by atoms with Gasteiger partial charge in [0.25, 0.3) is 5.91 Å². The molecule has 4 heteroatoms. The Balaban J connectivity index is 2.05. The predicted octanol–water partition coefficient (Wildman–Crippen LogP) is 3.38. The minimum absolute atomic E-state index is 0.0235. The van der Waals surface area contributed by atoms with Crippen molar-refractivity contribution >= 4 is 11.6 Å². The largest absolute Gasteiger partial charge is 0.324 e. The summed E-state index contributed by atoms with van der Waals surface area (Å²) in [6, 6.07) is 14.3. The molecule has 0 aromatic heterocycles. The molecule has 0 fully saturated rings. The fraction of sp³-hybridized carbons (Fsp3) is 0.381. The number of hydrogen-bond donors (Lipinski definition) is 2. The van der Waals surface area contributed by atoms with E-state index in [1.807, 2.05) is 38.2 Å². The lowest BCUT2D eigenvalue weighted by Crippen LogP contribution is -3.12. The van der Waals surface area contributed by atoms with E-state index in [-0.39, 0.29) is 17.8 Å². The quantitative estimate of drug-likeness (QED) is 0.794. The molecule has 2 N–H and O–H groups in total. The van der Waals surface area contributed by atoms with Crippen LogP contribution < -0.4 is 10.2 Å². The van der Waals surface area contributed by atoms with E-state index < -0.39 is 0 Å². The number of quaternary nitrogens is 1. The Morgan fingerprint density at radius 2 is 1.88 bits per heavy atom. The number of rotatable bonds is 7. The van der Waals surface area contributed by atoms with Crippen molar-refractivity contribution in [2.24, 2.45) is 0 Å². The number of halogens is 1. The summed E-state index contributed by atoms with van der Waals surface area (Å²) in [5.74, 6) is 0.124. The van der Waals surface area contributed by atoms with Gasteiger partial charge in [-0.05, 0) is 43.0 Å². The Labute approximate surface area is 149 Å². The number of likely N-dealkylation sites (N-methyl/N-ethyl adjacent to an activating group) is 1. The Hall–Kier alpha value is -2.20. The molecule has 1 unspecified atom stereocenters. The SMILES string of the molecule is CC[C@H](C)c1ccccc1NC(=O)[C@H](C)[NH+](C)Cc1cccc(F)c1. The van der Waals surface area contributed by atoms with E-state index >= 15 is 0 Å². The summed E-state index contributed by atoms with van der Waals surface area (Å²) in [5, 5.41) is 3.07. The van der Waals surface area contributed by atoms with E-state index in [1.54, 1.807) is 6.07 Å². The van der Waals surface area contributed by atoms with Crippen molar-refractivity contribution in [3.8, 4) is 0 Å². The van der Waals surface area contributed by atoms with Crippen LogP contribution in [-0.4, -0.2) is 19.0 Å². The number of nitrogens with one attached hydrogen (secondary N) is 2. The van der Waals surface area contributed by atoms with Gasteiger partial charge >= 0.3 is 0 Å². The van der Waals surface area contributed by atoms with Crippen molar-refractivity contribution in [3.05, 3.63) is 65.5 Å². The summed E-state index contributed by atoms with van der Waals surface area (Å²) in [5.41, 5.74) is 2.93. The van der Waals surface area contributed by atoms with Crippen LogP contribution in [0.15, 0.2) is 48.5 Å². The fourth-order valence-corrected chi connectivity index (χ4v) is 2.85. The zero-order valence-electron chi connectivity index (χ0n) is 15.5. The van der Waals surface area contributed by atoms with Gasteiger partial charge in [0.15, 0.2) is 6.04 Å². The van der Waals surface area contributed by atoms with Crippen LogP contribution in [0.4, 0.5) is 10.1 Å². The number of benzene rings is 2. The lowest BCUT2D eigenvalue weighted by atomic mass is 9.97. The van der Waals surface area contributed by atoms with Crippen molar-refractivity contribution in [2.45, 2.75) is 45.7 Å². The predicted molar refractivity (Wildman–Crippen MR) is 100 cm³/mol. The van der Waals surface area contributed by atoms with Gasteiger partial charge < -0.3 is 10.2 Å². The molecule has 25 heavy (non-hydrogen) atoms. The molecule has 0 aliphatic rings. The smallest absolute Gasteiger partial charge is 0.282 e. The zero-order chi connectivity index (χ0) is 18.4. The molecule has 2 rings (SSSR count). The van der Waals surface area contributed by atoms with E-state index in [0.29, 0.717) is 12.5 Å². The highest BCUT2D eigenvalue weighted by molar-refractivity contribution is 5.94. The molecule has 2 aromatic carbocycles. The maximum Gasteiger partial charge on any atom is 0.282 e. The summed E-state index contributed by atoms with van der Waals surface area (Å²) >= 11 is 0. The first-order valence-corrected chi connectivity index (χ1v) is 8.89. The van der Waals surface area contributed by atoms with Crippen LogP contribution in [0.2, 0.25) is 0 Å². The number of hydrogen-bond acceptors (Lipinski definition) is 1. The Morgan fingerprint density at radius 1 is 1.16 bits per heavy atom. The van der Waals surface area contributed by atoms with Crippen molar-refractivity contribution in [3.63, 3.8) is 0 Å². The molecule has 0 aliphatic heterocycles. The molecular formula is C21H28FN2O+. The molecule has 0 saturated heterocycles. The molecule has 0 radical (unpaired) electrons. The van der Waals surface area contributed by atoms with Gasteiger partial charge in [-0.25, -0.2) is 4.39 Å². The Bertz CT molecular complexity index is 717. The zero-order valence-corrected chi connectivity index (χ0v) is 15.5. The average molecular weight is 343 g/mol. The van der Waals surface area contributed by atoms with Gasteiger partial charge in [0.2, 0.25) is 0 Å². The van der Waals surface area contributed by atoms with Crippen LogP contribution >= 0.6 is 0 Å². The summed E-state index contributed by atoms with van der Waals surface area (Å²) < 4.78 is 13.3. The van der Waals surface area contributed by atoms with E-state index in [0.717, 1.165) is 28.1 Å². The monoisotopic (exact) mass is 343 g/mol. The third-order valence-corrected chi connectivity index (χ3v) is 4.87. The summed E-state index contributed by atoms with van der Waals surface area (Å²) in [4.78, 5) is 13.7. The fourth-order valence-electron chi connectivity index (χ4n) is 2.85. The highest BCUT2D eigenvalue weighted by Gasteiger charge is 2.23. The van der Waals surface area contributed by atoms with Crippen LogP contribution in [0.25, 0.3) is 0 Å². The second-order valence-corrected chi connectivity index (χ2v) is 6.76. The minimum atomic E-state index is -0.245. The third-order valence-electron chi connectivity index (χ3n) is 4.87. The van der Waals surface area contributed by atoms with Gasteiger partial charge in [-0.2, -0.15) is 0 Å². The molecule has 0 spiro atoms. The number of carbonyl (C=O) groups is 1. The van der Waals surface area contributed by atoms with Gasteiger partial charge in [-0.1, -0.05) is 44.2 Å². The van der Waals surface area contributed by atoms with Gasteiger partial charge in [-0.3, -0.25) is 4.79 Å². The molecule has 1 amide bonds. The number of anilines is 1.